The molecule has 1 heterocycles. The molecule has 4 rings (SSSR count). The van der Waals surface area contributed by atoms with Crippen molar-refractivity contribution in [2.75, 3.05) is 23.9 Å². The van der Waals surface area contributed by atoms with Gasteiger partial charge in [-0.05, 0) is 48.9 Å². The second-order valence-corrected chi connectivity index (χ2v) is 9.58. The molecule has 0 unspecified atom stereocenters. The highest BCUT2D eigenvalue weighted by Crippen LogP contribution is 2.38. The predicted molar refractivity (Wildman–Crippen MR) is 147 cm³/mol. The molecule has 1 aliphatic heterocycles. The van der Waals surface area contributed by atoms with Crippen molar-refractivity contribution in [3.05, 3.63) is 92.9 Å². The van der Waals surface area contributed by atoms with Crippen molar-refractivity contribution in [2.24, 2.45) is 0 Å². The van der Waals surface area contributed by atoms with Gasteiger partial charge in [-0.25, -0.2) is 0 Å². The summed E-state index contributed by atoms with van der Waals surface area (Å²) in [7, 11) is 1.47. The predicted octanol–water partition coefficient (Wildman–Crippen LogP) is 5.34. The molecule has 9 nitrogen and oxygen atoms in total. The minimum atomic E-state index is -0.529. The van der Waals surface area contributed by atoms with Crippen LogP contribution in [-0.2, 0) is 9.59 Å². The first-order valence-corrected chi connectivity index (χ1v) is 12.2. The highest BCUT2D eigenvalue weighted by molar-refractivity contribution is 8.27. The molecule has 0 aromatic heterocycles. The Balaban J connectivity index is 1.46. The van der Waals surface area contributed by atoms with Crippen LogP contribution in [0.25, 0.3) is 6.08 Å². The molecule has 0 saturated carbocycles. The molecule has 0 spiro atoms. The van der Waals surface area contributed by atoms with Gasteiger partial charge in [-0.3, -0.25) is 24.6 Å². The number of thioether (sulfide) groups is 1. The molecule has 3 aromatic carbocycles. The van der Waals surface area contributed by atoms with E-state index in [1.165, 1.54) is 30.2 Å². The summed E-state index contributed by atoms with van der Waals surface area (Å²) in [6.07, 6.45) is 1.65. The van der Waals surface area contributed by atoms with E-state index < -0.39 is 4.92 Å². The van der Waals surface area contributed by atoms with Crippen LogP contribution in [0.5, 0.6) is 11.5 Å². The van der Waals surface area contributed by atoms with Crippen molar-refractivity contribution >= 4 is 63.3 Å². The molecule has 0 atom stereocenters. The number of thiocarbonyl (C=S) groups is 1. The fourth-order valence-corrected chi connectivity index (χ4v) is 4.76. The fourth-order valence-electron chi connectivity index (χ4n) is 3.46. The minimum absolute atomic E-state index is 0.136. The number of rotatable bonds is 8. The Hall–Kier alpha value is -4.22. The van der Waals surface area contributed by atoms with Crippen LogP contribution in [0.4, 0.5) is 17.1 Å². The Morgan fingerprint density at radius 1 is 1.14 bits per heavy atom. The molecule has 0 bridgehead atoms. The van der Waals surface area contributed by atoms with E-state index in [9.17, 15) is 19.7 Å². The number of carbonyl (C=O) groups excluding carboxylic acids is 2. The maximum Gasteiger partial charge on any atom is 0.271 e. The number of nitrogens with zero attached hydrogens (tertiary/aromatic N) is 2. The van der Waals surface area contributed by atoms with Crippen LogP contribution in [0, 0.1) is 17.0 Å². The zero-order chi connectivity index (χ0) is 26.5. The standard InChI is InChI=1S/C26H21N3O6S2/c1-16-6-9-18(10-7-16)27-24(30)15-35-21-11-8-17(12-22(21)34-2)13-23-25(31)28(26(36)37-23)19-4-3-5-20(14-19)29(32)33/h3-14H,15H2,1-2H3,(H,27,30)/b23-13-. The van der Waals surface area contributed by atoms with E-state index in [0.29, 0.717) is 33.3 Å². The summed E-state index contributed by atoms with van der Waals surface area (Å²) in [4.78, 5) is 37.5. The van der Waals surface area contributed by atoms with Gasteiger partial charge in [0.15, 0.2) is 22.4 Å². The van der Waals surface area contributed by atoms with Crippen LogP contribution in [0.2, 0.25) is 0 Å². The zero-order valence-corrected chi connectivity index (χ0v) is 21.4. The third-order valence-corrected chi connectivity index (χ3v) is 6.57. The van der Waals surface area contributed by atoms with Gasteiger partial charge < -0.3 is 14.8 Å². The largest absolute Gasteiger partial charge is 0.493 e. The molecule has 11 heteroatoms. The number of hydrogen-bond donors (Lipinski definition) is 1. The van der Waals surface area contributed by atoms with Crippen molar-refractivity contribution in [1.82, 2.24) is 0 Å². The summed E-state index contributed by atoms with van der Waals surface area (Å²) in [6.45, 7) is 1.74. The Bertz CT molecular complexity index is 1420. The normalized spacial score (nSPS) is 14.1. The lowest BCUT2D eigenvalue weighted by Crippen LogP contribution is -2.27. The minimum Gasteiger partial charge on any atom is -0.493 e. The van der Waals surface area contributed by atoms with Crippen molar-refractivity contribution < 1.29 is 24.0 Å². The molecule has 0 radical (unpaired) electrons. The Morgan fingerprint density at radius 2 is 1.89 bits per heavy atom. The van der Waals surface area contributed by atoms with Gasteiger partial charge in [0.1, 0.15) is 0 Å². The van der Waals surface area contributed by atoms with E-state index in [-0.39, 0.29) is 28.4 Å². The average molecular weight is 536 g/mol. The quantitative estimate of drug-likeness (QED) is 0.178. The summed E-state index contributed by atoms with van der Waals surface area (Å²) >= 11 is 6.45. The molecule has 1 fully saturated rings. The lowest BCUT2D eigenvalue weighted by molar-refractivity contribution is -0.384. The first-order chi connectivity index (χ1) is 17.7. The number of nitrogens with one attached hydrogen (secondary N) is 1. The van der Waals surface area contributed by atoms with Gasteiger partial charge in [0.2, 0.25) is 0 Å². The van der Waals surface area contributed by atoms with Gasteiger partial charge in [-0.2, -0.15) is 0 Å². The van der Waals surface area contributed by atoms with Gasteiger partial charge in [0, 0.05) is 17.8 Å². The average Bonchev–Trinajstić information content (AvgIpc) is 3.16. The SMILES string of the molecule is COc1cc(/C=C2\SC(=S)N(c3cccc([N+](=O)[O-])c3)C2=O)ccc1OCC(=O)Nc1ccc(C)cc1. The highest BCUT2D eigenvalue weighted by atomic mass is 32.2. The number of ether oxygens (including phenoxy) is 2. The molecular weight excluding hydrogens is 514 g/mol. The number of amides is 2. The molecule has 1 aliphatic rings. The summed E-state index contributed by atoms with van der Waals surface area (Å²) in [5.41, 5.74) is 2.59. The van der Waals surface area contributed by atoms with Crippen LogP contribution in [-0.4, -0.2) is 34.8 Å². The van der Waals surface area contributed by atoms with Crippen molar-refractivity contribution in [3.63, 3.8) is 0 Å². The maximum atomic E-state index is 13.0. The Kier molecular flexibility index (Phi) is 7.85. The first-order valence-electron chi connectivity index (χ1n) is 10.9. The second-order valence-electron chi connectivity index (χ2n) is 7.91. The number of nitro benzene ring substituents is 1. The monoisotopic (exact) mass is 535 g/mol. The molecule has 188 valence electrons. The number of carbonyl (C=O) groups is 2. The van der Waals surface area contributed by atoms with E-state index in [1.807, 2.05) is 31.2 Å². The van der Waals surface area contributed by atoms with E-state index in [4.69, 9.17) is 21.7 Å². The molecule has 3 aromatic rings. The number of methoxy groups -OCH3 is 1. The van der Waals surface area contributed by atoms with Crippen molar-refractivity contribution in [2.45, 2.75) is 6.92 Å². The topological polar surface area (TPSA) is 111 Å². The van der Waals surface area contributed by atoms with E-state index in [0.717, 1.165) is 17.3 Å². The van der Waals surface area contributed by atoms with Crippen LogP contribution in [0.15, 0.2) is 71.6 Å². The maximum absolute atomic E-state index is 13.0. The smallest absolute Gasteiger partial charge is 0.271 e. The summed E-state index contributed by atoms with van der Waals surface area (Å²) in [6, 6.07) is 18.2. The third-order valence-electron chi connectivity index (χ3n) is 5.27. The second kappa shape index (κ2) is 11.2. The number of nitro groups is 1. The Labute approximate surface area is 222 Å². The summed E-state index contributed by atoms with van der Waals surface area (Å²) in [5, 5.41) is 13.9. The third kappa shape index (κ3) is 6.13. The number of anilines is 2. The lowest BCUT2D eigenvalue weighted by Gasteiger charge is -2.14. The molecule has 1 N–H and O–H groups in total. The van der Waals surface area contributed by atoms with Gasteiger partial charge in [0.05, 0.1) is 22.6 Å². The van der Waals surface area contributed by atoms with Gasteiger partial charge in [0.25, 0.3) is 17.5 Å². The lowest BCUT2D eigenvalue weighted by atomic mass is 10.1. The summed E-state index contributed by atoms with van der Waals surface area (Å²) in [5.74, 6) is 0.0382. The number of non-ortho nitro benzene ring substituents is 1. The van der Waals surface area contributed by atoms with E-state index in [1.54, 1.807) is 30.3 Å². The van der Waals surface area contributed by atoms with Gasteiger partial charge in [-0.1, -0.05) is 53.8 Å². The van der Waals surface area contributed by atoms with Crippen LogP contribution >= 0.6 is 24.0 Å². The molecule has 37 heavy (non-hydrogen) atoms. The highest BCUT2D eigenvalue weighted by Gasteiger charge is 2.34. The van der Waals surface area contributed by atoms with Gasteiger partial charge in [-0.15, -0.1) is 0 Å². The molecule has 0 aliphatic carbocycles. The number of aryl methyl sites for hydroxylation is 1. The van der Waals surface area contributed by atoms with E-state index in [2.05, 4.69) is 5.32 Å². The summed E-state index contributed by atoms with van der Waals surface area (Å²) < 4.78 is 11.3. The van der Waals surface area contributed by atoms with Crippen LogP contribution in [0.1, 0.15) is 11.1 Å². The van der Waals surface area contributed by atoms with Crippen LogP contribution < -0.4 is 19.7 Å². The van der Waals surface area contributed by atoms with Crippen molar-refractivity contribution in [3.8, 4) is 11.5 Å². The molecule has 2 amide bonds. The molecular formula is C26H21N3O6S2. The van der Waals surface area contributed by atoms with Gasteiger partial charge >= 0.3 is 0 Å². The zero-order valence-electron chi connectivity index (χ0n) is 19.8. The van der Waals surface area contributed by atoms with Crippen LogP contribution in [0.3, 0.4) is 0 Å². The molecule has 1 saturated heterocycles. The fraction of sp³-hybridized carbons (Fsp3) is 0.115. The van der Waals surface area contributed by atoms with E-state index >= 15 is 0 Å². The van der Waals surface area contributed by atoms with Crippen molar-refractivity contribution in [1.29, 1.82) is 0 Å². The number of benzene rings is 3. The first kappa shape index (κ1) is 25.9. The Morgan fingerprint density at radius 3 is 2.59 bits per heavy atom. The number of hydrogen-bond acceptors (Lipinski definition) is 8.